The minimum Gasteiger partial charge on any atom is -0.469 e. The molecule has 2 aliphatic rings. The summed E-state index contributed by atoms with van der Waals surface area (Å²) in [5, 5.41) is 3.42. The summed E-state index contributed by atoms with van der Waals surface area (Å²) >= 11 is 3.57. The first-order valence-electron chi connectivity index (χ1n) is 8.97. The molecule has 2 aliphatic heterocycles. The third-order valence-electron chi connectivity index (χ3n) is 4.92. The van der Waals surface area contributed by atoms with Crippen LogP contribution in [0.2, 0.25) is 0 Å². The van der Waals surface area contributed by atoms with Gasteiger partial charge in [-0.15, -0.1) is 0 Å². The average Bonchev–Trinajstić information content (AvgIpc) is 3.12. The molecular weight excluding hydrogens is 408 g/mol. The molecule has 2 aromatic carbocycles. The van der Waals surface area contributed by atoms with Gasteiger partial charge in [-0.2, -0.15) is 0 Å². The molecule has 0 bridgehead atoms. The highest BCUT2D eigenvalue weighted by atomic mass is 79.9. The molecule has 4 rings (SSSR count). The monoisotopic (exact) mass is 428 g/mol. The molecule has 1 amide bonds. The lowest BCUT2D eigenvalue weighted by molar-refractivity contribution is 0.0920. The van der Waals surface area contributed by atoms with E-state index >= 15 is 0 Å². The number of hydrogen-bond donors (Lipinski definition) is 1. The summed E-state index contributed by atoms with van der Waals surface area (Å²) in [5.74, 6) is 0.937. The predicted molar refractivity (Wildman–Crippen MR) is 106 cm³/mol. The number of rotatable bonds is 3. The van der Waals surface area contributed by atoms with Gasteiger partial charge in [-0.25, -0.2) is 4.79 Å². The van der Waals surface area contributed by atoms with Crippen LogP contribution in [0.5, 0.6) is 0 Å². The van der Waals surface area contributed by atoms with Gasteiger partial charge in [-0.1, -0.05) is 58.4 Å². The van der Waals surface area contributed by atoms with Crippen molar-refractivity contribution in [1.29, 1.82) is 0 Å². The topological polar surface area (TPSA) is 50.8 Å². The van der Waals surface area contributed by atoms with E-state index in [2.05, 4.69) is 34.2 Å². The van der Waals surface area contributed by atoms with Crippen LogP contribution in [0, 0.1) is 6.92 Å². The number of carbonyl (C=O) groups excluding carboxylic acids is 1. The first kappa shape index (κ1) is 17.9. The summed E-state index contributed by atoms with van der Waals surface area (Å²) in [6.07, 6.45) is 0.175. The van der Waals surface area contributed by atoms with Gasteiger partial charge in [0.05, 0.1) is 12.2 Å². The van der Waals surface area contributed by atoms with E-state index in [1.165, 1.54) is 0 Å². The smallest absolute Gasteiger partial charge is 0.410 e. The van der Waals surface area contributed by atoms with Crippen LogP contribution in [0.1, 0.15) is 29.3 Å². The maximum absolute atomic E-state index is 12.4. The van der Waals surface area contributed by atoms with Gasteiger partial charge in [0.2, 0.25) is 0 Å². The highest BCUT2D eigenvalue weighted by Crippen LogP contribution is 2.34. The molecule has 0 fully saturated rings. The SMILES string of the molecule is Cc1c(Br)cccc1C1NC2=C(CCN(C(=O)OCc3ccccc3)C2)O1. The molecular formula is C21H21BrN2O3. The molecule has 0 spiro atoms. The van der Waals surface area contributed by atoms with E-state index in [0.29, 0.717) is 19.5 Å². The molecule has 140 valence electrons. The van der Waals surface area contributed by atoms with Gasteiger partial charge in [0.25, 0.3) is 0 Å². The molecule has 0 saturated carbocycles. The Kier molecular flexibility index (Phi) is 5.07. The van der Waals surface area contributed by atoms with Crippen molar-refractivity contribution in [1.82, 2.24) is 10.2 Å². The Morgan fingerprint density at radius 3 is 2.89 bits per heavy atom. The van der Waals surface area contributed by atoms with E-state index in [1.54, 1.807) is 4.90 Å². The third kappa shape index (κ3) is 3.81. The molecule has 2 aromatic rings. The number of nitrogens with one attached hydrogen (secondary N) is 1. The van der Waals surface area contributed by atoms with Gasteiger partial charge in [0.1, 0.15) is 12.4 Å². The van der Waals surface area contributed by atoms with Crippen LogP contribution in [-0.4, -0.2) is 24.1 Å². The molecule has 27 heavy (non-hydrogen) atoms. The number of hydrogen-bond acceptors (Lipinski definition) is 4. The number of halogens is 1. The first-order chi connectivity index (χ1) is 13.1. The van der Waals surface area contributed by atoms with E-state index < -0.39 is 0 Å². The van der Waals surface area contributed by atoms with Crippen molar-refractivity contribution in [2.45, 2.75) is 26.2 Å². The number of amides is 1. The van der Waals surface area contributed by atoms with Crippen LogP contribution in [-0.2, 0) is 16.1 Å². The van der Waals surface area contributed by atoms with Crippen molar-refractivity contribution < 1.29 is 14.3 Å². The molecule has 6 heteroatoms. The maximum atomic E-state index is 12.4. The van der Waals surface area contributed by atoms with Crippen LogP contribution < -0.4 is 5.32 Å². The Labute approximate surface area is 167 Å². The fourth-order valence-electron chi connectivity index (χ4n) is 3.35. The van der Waals surface area contributed by atoms with Crippen molar-refractivity contribution in [2.75, 3.05) is 13.1 Å². The fourth-order valence-corrected chi connectivity index (χ4v) is 3.73. The zero-order chi connectivity index (χ0) is 18.8. The quantitative estimate of drug-likeness (QED) is 0.773. The molecule has 1 unspecified atom stereocenters. The summed E-state index contributed by atoms with van der Waals surface area (Å²) in [5.41, 5.74) is 4.18. The molecule has 5 nitrogen and oxygen atoms in total. The minimum atomic E-state index is -0.297. The molecule has 1 N–H and O–H groups in total. The Bertz CT molecular complexity index is 882. The van der Waals surface area contributed by atoms with Gasteiger partial charge in [0.15, 0.2) is 6.23 Å². The Hall–Kier alpha value is -2.47. The van der Waals surface area contributed by atoms with Gasteiger partial charge >= 0.3 is 6.09 Å². The standard InChI is InChI=1S/C21H21BrN2O3/c1-14-16(8-5-9-17(14)22)20-23-18-12-24(11-10-19(18)27-20)21(25)26-13-15-6-3-2-4-7-15/h2-9,20,23H,10-13H2,1H3. The molecule has 0 radical (unpaired) electrons. The molecule has 0 aromatic heterocycles. The van der Waals surface area contributed by atoms with Crippen molar-refractivity contribution in [3.05, 3.63) is 81.2 Å². The highest BCUT2D eigenvalue weighted by Gasteiger charge is 2.33. The van der Waals surface area contributed by atoms with Crippen LogP contribution in [0.4, 0.5) is 4.79 Å². The molecule has 1 atom stereocenters. The summed E-state index contributed by atoms with van der Waals surface area (Å²) < 4.78 is 12.6. The van der Waals surface area contributed by atoms with Gasteiger partial charge in [-0.05, 0) is 24.1 Å². The van der Waals surface area contributed by atoms with Crippen LogP contribution in [0.25, 0.3) is 0 Å². The fraction of sp³-hybridized carbons (Fsp3) is 0.286. The molecule has 2 heterocycles. The van der Waals surface area contributed by atoms with E-state index in [4.69, 9.17) is 9.47 Å². The number of carbonyl (C=O) groups is 1. The van der Waals surface area contributed by atoms with E-state index in [9.17, 15) is 4.79 Å². The Morgan fingerprint density at radius 2 is 2.07 bits per heavy atom. The van der Waals surface area contributed by atoms with Gasteiger partial charge in [-0.3, -0.25) is 0 Å². The lowest BCUT2D eigenvalue weighted by atomic mass is 10.1. The summed E-state index contributed by atoms with van der Waals surface area (Å²) in [4.78, 5) is 14.1. The zero-order valence-electron chi connectivity index (χ0n) is 15.1. The molecule has 0 aliphatic carbocycles. The zero-order valence-corrected chi connectivity index (χ0v) is 16.7. The molecule has 0 saturated heterocycles. The minimum absolute atomic E-state index is 0.215. The normalized spacial score (nSPS) is 18.6. The lowest BCUT2D eigenvalue weighted by Crippen LogP contribution is -2.38. The summed E-state index contributed by atoms with van der Waals surface area (Å²) in [6.45, 7) is 3.42. The summed E-state index contributed by atoms with van der Waals surface area (Å²) in [7, 11) is 0. The van der Waals surface area contributed by atoms with Gasteiger partial charge in [0, 0.05) is 23.0 Å². The number of benzene rings is 2. The van der Waals surface area contributed by atoms with E-state index in [-0.39, 0.29) is 18.9 Å². The second-order valence-electron chi connectivity index (χ2n) is 6.71. The maximum Gasteiger partial charge on any atom is 0.410 e. The van der Waals surface area contributed by atoms with Crippen molar-refractivity contribution in [2.24, 2.45) is 0 Å². The van der Waals surface area contributed by atoms with Gasteiger partial charge < -0.3 is 19.7 Å². The predicted octanol–water partition coefficient (Wildman–Crippen LogP) is 4.63. The average molecular weight is 429 g/mol. The summed E-state index contributed by atoms with van der Waals surface area (Å²) in [6, 6.07) is 15.8. The van der Waals surface area contributed by atoms with Crippen molar-refractivity contribution in [3.8, 4) is 0 Å². The van der Waals surface area contributed by atoms with Crippen LogP contribution in [0.3, 0.4) is 0 Å². The highest BCUT2D eigenvalue weighted by molar-refractivity contribution is 9.10. The number of nitrogens with zero attached hydrogens (tertiary/aromatic N) is 1. The first-order valence-corrected chi connectivity index (χ1v) is 9.77. The van der Waals surface area contributed by atoms with Crippen molar-refractivity contribution in [3.63, 3.8) is 0 Å². The second kappa shape index (κ2) is 7.64. The van der Waals surface area contributed by atoms with Crippen LogP contribution >= 0.6 is 15.9 Å². The van der Waals surface area contributed by atoms with Crippen LogP contribution in [0.15, 0.2) is 64.5 Å². The third-order valence-corrected chi connectivity index (χ3v) is 5.77. The number of ether oxygens (including phenoxy) is 2. The second-order valence-corrected chi connectivity index (χ2v) is 7.56. The Morgan fingerprint density at radius 1 is 1.26 bits per heavy atom. The lowest BCUT2D eigenvalue weighted by Gasteiger charge is -2.26. The van der Waals surface area contributed by atoms with Crippen molar-refractivity contribution >= 4 is 22.0 Å². The Balaban J connectivity index is 1.37. The van der Waals surface area contributed by atoms with E-state index in [0.717, 1.165) is 32.6 Å². The van der Waals surface area contributed by atoms with E-state index in [1.807, 2.05) is 42.5 Å². The largest absolute Gasteiger partial charge is 0.469 e.